The molecule has 1 aliphatic carbocycles. The Hall–Kier alpha value is -3.30. The first-order valence-corrected chi connectivity index (χ1v) is 12.2. The molecule has 1 saturated heterocycles. The van der Waals surface area contributed by atoms with Crippen LogP contribution >= 0.6 is 11.3 Å². The Morgan fingerprint density at radius 2 is 1.88 bits per heavy atom. The van der Waals surface area contributed by atoms with E-state index in [1.54, 1.807) is 11.3 Å². The Balaban J connectivity index is 1.12. The maximum atomic E-state index is 13.4. The molecule has 2 aliphatic rings. The van der Waals surface area contributed by atoms with Gasteiger partial charge in [0.2, 0.25) is 11.7 Å². The average molecular weight is 461 g/mol. The van der Waals surface area contributed by atoms with Gasteiger partial charge in [-0.2, -0.15) is 10.1 Å². The molecule has 4 aromatic rings. The molecule has 0 atom stereocenters. The molecule has 1 aromatic carbocycles. The number of hydrogen-bond acceptors (Lipinski definition) is 7. The molecule has 0 unspecified atom stereocenters. The van der Waals surface area contributed by atoms with E-state index in [2.05, 4.69) is 15.0 Å². The van der Waals surface area contributed by atoms with Crippen LogP contribution in [0.2, 0.25) is 0 Å². The van der Waals surface area contributed by atoms with Crippen molar-refractivity contribution in [2.45, 2.75) is 25.8 Å². The SMILES string of the molecule is O=C(c1nn(-c2ccccc2)c2c1CCC2)N1CCN(Cc2nc(-c3cccs3)no2)CC1. The van der Waals surface area contributed by atoms with Crippen molar-refractivity contribution in [1.82, 2.24) is 29.7 Å². The van der Waals surface area contributed by atoms with Gasteiger partial charge in [0, 0.05) is 37.4 Å². The van der Waals surface area contributed by atoms with Crippen molar-refractivity contribution in [3.63, 3.8) is 0 Å². The summed E-state index contributed by atoms with van der Waals surface area (Å²) in [5.41, 5.74) is 3.94. The zero-order valence-electron chi connectivity index (χ0n) is 18.2. The molecule has 0 bridgehead atoms. The quantitative estimate of drug-likeness (QED) is 0.454. The molecule has 3 aromatic heterocycles. The average Bonchev–Trinajstić information content (AvgIpc) is 3.65. The number of rotatable bonds is 5. The van der Waals surface area contributed by atoms with Gasteiger partial charge in [0.05, 0.1) is 17.1 Å². The summed E-state index contributed by atoms with van der Waals surface area (Å²) in [6.45, 7) is 3.46. The number of amides is 1. The smallest absolute Gasteiger partial charge is 0.274 e. The Kier molecular flexibility index (Phi) is 5.27. The van der Waals surface area contributed by atoms with Gasteiger partial charge in [-0.25, -0.2) is 4.68 Å². The van der Waals surface area contributed by atoms with Gasteiger partial charge in [0.1, 0.15) is 0 Å². The van der Waals surface area contributed by atoms with E-state index in [4.69, 9.17) is 9.62 Å². The summed E-state index contributed by atoms with van der Waals surface area (Å²) in [6, 6.07) is 14.1. The van der Waals surface area contributed by atoms with E-state index in [1.165, 1.54) is 5.69 Å². The van der Waals surface area contributed by atoms with Gasteiger partial charge in [-0.05, 0) is 42.8 Å². The molecular weight excluding hydrogens is 436 g/mol. The molecule has 0 saturated carbocycles. The zero-order chi connectivity index (χ0) is 22.2. The minimum atomic E-state index is 0.0419. The van der Waals surface area contributed by atoms with E-state index in [-0.39, 0.29) is 5.91 Å². The van der Waals surface area contributed by atoms with E-state index in [1.807, 2.05) is 57.4 Å². The maximum Gasteiger partial charge on any atom is 0.274 e. The standard InChI is InChI=1S/C24H24N6O2S/c31-24(22-18-8-4-9-19(18)30(26-22)17-6-2-1-3-7-17)29-13-11-28(12-14-29)16-21-25-23(27-32-21)20-10-5-15-33-20/h1-3,5-7,10,15H,4,8-9,11-14,16H2. The van der Waals surface area contributed by atoms with Crippen molar-refractivity contribution < 1.29 is 9.32 Å². The number of nitrogens with zero attached hydrogens (tertiary/aromatic N) is 6. The topological polar surface area (TPSA) is 80.3 Å². The fourth-order valence-electron chi connectivity index (χ4n) is 4.67. The van der Waals surface area contributed by atoms with Gasteiger partial charge in [-0.15, -0.1) is 11.3 Å². The lowest BCUT2D eigenvalue weighted by Gasteiger charge is -2.33. The number of aromatic nitrogens is 4. The van der Waals surface area contributed by atoms with Crippen molar-refractivity contribution in [3.8, 4) is 16.4 Å². The lowest BCUT2D eigenvalue weighted by Crippen LogP contribution is -2.48. The highest BCUT2D eigenvalue weighted by Crippen LogP contribution is 2.29. The number of piperazine rings is 1. The Bertz CT molecular complexity index is 1260. The predicted octanol–water partition coefficient (Wildman–Crippen LogP) is 3.43. The highest BCUT2D eigenvalue weighted by atomic mass is 32.1. The van der Waals surface area contributed by atoms with Crippen LogP contribution in [-0.4, -0.2) is 61.8 Å². The van der Waals surface area contributed by atoms with Crippen LogP contribution in [0.25, 0.3) is 16.4 Å². The highest BCUT2D eigenvalue weighted by molar-refractivity contribution is 7.13. The van der Waals surface area contributed by atoms with E-state index in [9.17, 15) is 4.79 Å². The first-order chi connectivity index (χ1) is 16.3. The molecule has 33 heavy (non-hydrogen) atoms. The molecular formula is C24H24N6O2S. The summed E-state index contributed by atoms with van der Waals surface area (Å²) in [4.78, 5) is 23.1. The van der Waals surface area contributed by atoms with Crippen LogP contribution in [0.3, 0.4) is 0 Å². The van der Waals surface area contributed by atoms with E-state index >= 15 is 0 Å². The lowest BCUT2D eigenvalue weighted by atomic mass is 10.1. The Labute approximate surface area is 195 Å². The lowest BCUT2D eigenvalue weighted by molar-refractivity contribution is 0.0608. The molecule has 168 valence electrons. The van der Waals surface area contributed by atoms with Crippen LogP contribution < -0.4 is 0 Å². The third-order valence-corrected chi connectivity index (χ3v) is 7.23. The van der Waals surface area contributed by atoms with Crippen LogP contribution in [-0.2, 0) is 19.4 Å². The van der Waals surface area contributed by atoms with Crippen LogP contribution in [0.1, 0.15) is 34.1 Å². The monoisotopic (exact) mass is 460 g/mol. The second-order valence-electron chi connectivity index (χ2n) is 8.43. The van der Waals surface area contributed by atoms with Gasteiger partial charge < -0.3 is 9.42 Å². The second-order valence-corrected chi connectivity index (χ2v) is 9.38. The van der Waals surface area contributed by atoms with E-state index < -0.39 is 0 Å². The van der Waals surface area contributed by atoms with Crippen LogP contribution in [0.5, 0.6) is 0 Å². The number of benzene rings is 1. The fraction of sp³-hybridized carbons (Fsp3) is 0.333. The Morgan fingerprint density at radius 1 is 1.03 bits per heavy atom. The minimum absolute atomic E-state index is 0.0419. The van der Waals surface area contributed by atoms with Crippen LogP contribution in [0.4, 0.5) is 0 Å². The number of thiophene rings is 1. The summed E-state index contributed by atoms with van der Waals surface area (Å²) in [5, 5.41) is 10.9. The van der Waals surface area contributed by atoms with Crippen molar-refractivity contribution >= 4 is 17.2 Å². The number of carbonyl (C=O) groups excluding carboxylic acids is 1. The van der Waals surface area contributed by atoms with Crippen molar-refractivity contribution in [3.05, 3.63) is 70.7 Å². The molecule has 9 heteroatoms. The summed E-state index contributed by atoms with van der Waals surface area (Å²) < 4.78 is 7.41. The number of fused-ring (bicyclic) bond motifs is 1. The number of para-hydroxylation sites is 1. The molecule has 1 amide bonds. The van der Waals surface area contributed by atoms with Crippen molar-refractivity contribution in [2.24, 2.45) is 0 Å². The maximum absolute atomic E-state index is 13.4. The van der Waals surface area contributed by atoms with Gasteiger partial charge in [-0.3, -0.25) is 9.69 Å². The van der Waals surface area contributed by atoms with Crippen molar-refractivity contribution in [2.75, 3.05) is 26.2 Å². The van der Waals surface area contributed by atoms with Crippen molar-refractivity contribution in [1.29, 1.82) is 0 Å². The van der Waals surface area contributed by atoms with E-state index in [0.29, 0.717) is 37.0 Å². The van der Waals surface area contributed by atoms with E-state index in [0.717, 1.165) is 48.5 Å². The van der Waals surface area contributed by atoms with Crippen LogP contribution in [0, 0.1) is 0 Å². The molecule has 4 heterocycles. The molecule has 0 radical (unpaired) electrons. The van der Waals surface area contributed by atoms with Gasteiger partial charge >= 0.3 is 0 Å². The summed E-state index contributed by atoms with van der Waals surface area (Å²) in [5.74, 6) is 1.29. The molecule has 1 fully saturated rings. The first-order valence-electron chi connectivity index (χ1n) is 11.3. The summed E-state index contributed by atoms with van der Waals surface area (Å²) in [6.07, 6.45) is 2.97. The van der Waals surface area contributed by atoms with Gasteiger partial charge in [-0.1, -0.05) is 29.4 Å². The number of carbonyl (C=O) groups is 1. The Morgan fingerprint density at radius 3 is 2.67 bits per heavy atom. The normalized spacial score (nSPS) is 16.3. The third kappa shape index (κ3) is 3.87. The number of hydrogen-bond donors (Lipinski definition) is 0. The zero-order valence-corrected chi connectivity index (χ0v) is 19.0. The fourth-order valence-corrected chi connectivity index (χ4v) is 5.32. The first kappa shape index (κ1) is 20.3. The highest BCUT2D eigenvalue weighted by Gasteiger charge is 2.31. The predicted molar refractivity (Wildman–Crippen MR) is 124 cm³/mol. The van der Waals surface area contributed by atoms with Crippen LogP contribution in [0.15, 0.2) is 52.4 Å². The molecule has 1 aliphatic heterocycles. The molecule has 0 spiro atoms. The largest absolute Gasteiger partial charge is 0.338 e. The molecule has 6 rings (SSSR count). The third-order valence-electron chi connectivity index (χ3n) is 6.36. The molecule has 8 nitrogen and oxygen atoms in total. The molecule has 0 N–H and O–H groups in total. The summed E-state index contributed by atoms with van der Waals surface area (Å²) >= 11 is 1.59. The minimum Gasteiger partial charge on any atom is -0.338 e. The second kappa shape index (κ2) is 8.57. The van der Waals surface area contributed by atoms with Gasteiger partial charge in [0.15, 0.2) is 5.69 Å². The summed E-state index contributed by atoms with van der Waals surface area (Å²) in [7, 11) is 0. The van der Waals surface area contributed by atoms with Gasteiger partial charge in [0.25, 0.3) is 5.91 Å².